The number of rotatable bonds is 1. The lowest BCUT2D eigenvalue weighted by molar-refractivity contribution is -0.00538. The number of nitrogens with zero attached hydrogens (tertiary/aromatic N) is 1. The number of hydrogen-bond donors (Lipinski definition) is 1. The molecule has 3 heteroatoms. The Morgan fingerprint density at radius 1 is 1.29 bits per heavy atom. The third-order valence-electron chi connectivity index (χ3n) is 5.59. The molecule has 2 atom stereocenters. The largest absolute Gasteiger partial charge is 0.392 e. The molecule has 1 amide bonds. The van der Waals surface area contributed by atoms with Crippen LogP contribution in [0.4, 0.5) is 0 Å². The summed E-state index contributed by atoms with van der Waals surface area (Å²) in [4.78, 5) is 14.8. The van der Waals surface area contributed by atoms with Crippen LogP contribution in [0.15, 0.2) is 18.2 Å². The Labute approximate surface area is 127 Å². The van der Waals surface area contributed by atoms with Crippen molar-refractivity contribution in [3.05, 3.63) is 34.9 Å². The molecule has 1 aliphatic heterocycles. The van der Waals surface area contributed by atoms with Crippen molar-refractivity contribution < 1.29 is 9.90 Å². The summed E-state index contributed by atoms with van der Waals surface area (Å²) in [5.74, 6) is 0.134. The molecule has 3 nitrogen and oxygen atoms in total. The van der Waals surface area contributed by atoms with E-state index in [0.717, 1.165) is 61.9 Å². The van der Waals surface area contributed by atoms with Crippen LogP contribution in [0.5, 0.6) is 0 Å². The minimum absolute atomic E-state index is 0.0361. The zero-order chi connectivity index (χ0) is 15.0. The van der Waals surface area contributed by atoms with Gasteiger partial charge >= 0.3 is 0 Å². The van der Waals surface area contributed by atoms with Gasteiger partial charge < -0.3 is 10.0 Å². The molecule has 2 aliphatic rings. The molecule has 2 fully saturated rings. The van der Waals surface area contributed by atoms with Crippen LogP contribution in [0.3, 0.4) is 0 Å². The van der Waals surface area contributed by atoms with E-state index in [9.17, 15) is 9.90 Å². The van der Waals surface area contributed by atoms with E-state index in [0.29, 0.717) is 0 Å². The summed E-state index contributed by atoms with van der Waals surface area (Å²) in [6, 6.07) is 5.93. The van der Waals surface area contributed by atoms with Crippen molar-refractivity contribution >= 4 is 5.91 Å². The topological polar surface area (TPSA) is 40.5 Å². The van der Waals surface area contributed by atoms with Crippen molar-refractivity contribution in [3.63, 3.8) is 0 Å². The van der Waals surface area contributed by atoms with Crippen LogP contribution >= 0.6 is 0 Å². The van der Waals surface area contributed by atoms with Gasteiger partial charge in [-0.05, 0) is 56.7 Å². The molecule has 1 spiro atoms. The van der Waals surface area contributed by atoms with Gasteiger partial charge in [0, 0.05) is 24.1 Å². The quantitative estimate of drug-likeness (QED) is 0.862. The van der Waals surface area contributed by atoms with E-state index in [2.05, 4.69) is 0 Å². The molecular formula is C18H25NO2. The second kappa shape index (κ2) is 5.45. The molecule has 1 aliphatic carbocycles. The molecule has 1 saturated heterocycles. The molecule has 114 valence electrons. The summed E-state index contributed by atoms with van der Waals surface area (Å²) in [5.41, 5.74) is 3.02. The van der Waals surface area contributed by atoms with Crippen LogP contribution in [-0.2, 0) is 0 Å². The lowest BCUT2D eigenvalue weighted by Crippen LogP contribution is -2.49. The van der Waals surface area contributed by atoms with Gasteiger partial charge in [0.1, 0.15) is 0 Å². The minimum Gasteiger partial charge on any atom is -0.392 e. The SMILES string of the molecule is Cc1cccc(C(=O)N2CCC[C@]3(CCC[C@H]3O)C2)c1C. The van der Waals surface area contributed by atoms with Gasteiger partial charge in [0.05, 0.1) is 6.10 Å². The summed E-state index contributed by atoms with van der Waals surface area (Å²) in [7, 11) is 0. The third kappa shape index (κ3) is 2.48. The van der Waals surface area contributed by atoms with Crippen molar-refractivity contribution in [1.82, 2.24) is 4.90 Å². The van der Waals surface area contributed by atoms with E-state index in [-0.39, 0.29) is 17.4 Å². The minimum atomic E-state index is -0.230. The van der Waals surface area contributed by atoms with E-state index in [4.69, 9.17) is 0 Å². The fraction of sp³-hybridized carbons (Fsp3) is 0.611. The molecule has 1 aromatic carbocycles. The molecule has 0 unspecified atom stereocenters. The first-order valence-electron chi connectivity index (χ1n) is 8.07. The van der Waals surface area contributed by atoms with Crippen LogP contribution in [0.2, 0.25) is 0 Å². The average Bonchev–Trinajstić information content (AvgIpc) is 2.82. The van der Waals surface area contributed by atoms with Gasteiger partial charge in [0.2, 0.25) is 0 Å². The highest BCUT2D eigenvalue weighted by Crippen LogP contribution is 2.45. The van der Waals surface area contributed by atoms with Crippen molar-refractivity contribution in [1.29, 1.82) is 0 Å². The van der Waals surface area contributed by atoms with Gasteiger partial charge in [-0.1, -0.05) is 18.6 Å². The maximum Gasteiger partial charge on any atom is 0.254 e. The number of carbonyl (C=O) groups is 1. The van der Waals surface area contributed by atoms with Gasteiger partial charge in [-0.15, -0.1) is 0 Å². The number of aliphatic hydroxyl groups excluding tert-OH is 1. The summed E-state index contributed by atoms with van der Waals surface area (Å²) < 4.78 is 0. The lowest BCUT2D eigenvalue weighted by Gasteiger charge is -2.42. The van der Waals surface area contributed by atoms with Gasteiger partial charge in [0.15, 0.2) is 0 Å². The molecule has 0 bridgehead atoms. The van der Waals surface area contributed by atoms with Crippen LogP contribution in [0, 0.1) is 19.3 Å². The number of piperidine rings is 1. The maximum atomic E-state index is 12.9. The Morgan fingerprint density at radius 2 is 2.05 bits per heavy atom. The molecule has 0 radical (unpaired) electrons. The normalized spacial score (nSPS) is 29.1. The Hall–Kier alpha value is -1.35. The Balaban J connectivity index is 1.83. The van der Waals surface area contributed by atoms with E-state index in [1.54, 1.807) is 0 Å². The second-order valence-electron chi connectivity index (χ2n) is 6.85. The fourth-order valence-electron chi connectivity index (χ4n) is 4.08. The summed E-state index contributed by atoms with van der Waals surface area (Å²) in [6.45, 7) is 5.61. The highest BCUT2D eigenvalue weighted by molar-refractivity contribution is 5.96. The first-order valence-corrected chi connectivity index (χ1v) is 8.07. The monoisotopic (exact) mass is 287 g/mol. The molecule has 21 heavy (non-hydrogen) atoms. The number of aryl methyl sites for hydroxylation is 1. The van der Waals surface area contributed by atoms with Crippen molar-refractivity contribution in [2.45, 2.75) is 52.1 Å². The molecule has 1 saturated carbocycles. The van der Waals surface area contributed by atoms with Gasteiger partial charge in [-0.25, -0.2) is 0 Å². The summed E-state index contributed by atoms with van der Waals surface area (Å²) in [5, 5.41) is 10.3. The molecule has 1 N–H and O–H groups in total. The van der Waals surface area contributed by atoms with Crippen LogP contribution in [0.25, 0.3) is 0 Å². The average molecular weight is 287 g/mol. The Kier molecular flexibility index (Phi) is 3.78. The highest BCUT2D eigenvalue weighted by Gasteiger charge is 2.45. The Bertz CT molecular complexity index is 554. The van der Waals surface area contributed by atoms with Crippen molar-refractivity contribution in [2.24, 2.45) is 5.41 Å². The summed E-state index contributed by atoms with van der Waals surface area (Å²) >= 11 is 0. The number of carbonyl (C=O) groups excluding carboxylic acids is 1. The second-order valence-corrected chi connectivity index (χ2v) is 6.85. The number of benzene rings is 1. The molecule has 3 rings (SSSR count). The van der Waals surface area contributed by atoms with Crippen LogP contribution in [0.1, 0.15) is 53.6 Å². The zero-order valence-electron chi connectivity index (χ0n) is 13.1. The van der Waals surface area contributed by atoms with E-state index in [1.165, 1.54) is 0 Å². The molecular weight excluding hydrogens is 262 g/mol. The third-order valence-corrected chi connectivity index (χ3v) is 5.59. The van der Waals surface area contributed by atoms with E-state index >= 15 is 0 Å². The number of aliphatic hydroxyl groups is 1. The van der Waals surface area contributed by atoms with E-state index in [1.807, 2.05) is 36.9 Å². The fourth-order valence-corrected chi connectivity index (χ4v) is 4.08. The first-order chi connectivity index (χ1) is 10.0. The van der Waals surface area contributed by atoms with Crippen molar-refractivity contribution in [3.8, 4) is 0 Å². The molecule has 0 aromatic heterocycles. The number of amides is 1. The van der Waals surface area contributed by atoms with Crippen LogP contribution < -0.4 is 0 Å². The van der Waals surface area contributed by atoms with Gasteiger partial charge in [-0.3, -0.25) is 4.79 Å². The maximum absolute atomic E-state index is 12.9. The van der Waals surface area contributed by atoms with Gasteiger partial charge in [0.25, 0.3) is 5.91 Å². The lowest BCUT2D eigenvalue weighted by atomic mass is 9.76. The summed E-state index contributed by atoms with van der Waals surface area (Å²) in [6.07, 6.45) is 4.88. The molecule has 1 aromatic rings. The van der Waals surface area contributed by atoms with Crippen LogP contribution in [-0.4, -0.2) is 35.1 Å². The number of likely N-dealkylation sites (tertiary alicyclic amines) is 1. The van der Waals surface area contributed by atoms with E-state index < -0.39 is 0 Å². The zero-order valence-corrected chi connectivity index (χ0v) is 13.1. The Morgan fingerprint density at radius 3 is 2.76 bits per heavy atom. The highest BCUT2D eigenvalue weighted by atomic mass is 16.3. The smallest absolute Gasteiger partial charge is 0.254 e. The van der Waals surface area contributed by atoms with Crippen molar-refractivity contribution in [2.75, 3.05) is 13.1 Å². The standard InChI is InChI=1S/C18H25NO2/c1-13-6-3-7-15(14(13)2)17(21)19-11-5-10-18(12-19)9-4-8-16(18)20/h3,6-7,16,20H,4-5,8-12H2,1-2H3/t16-,18-/m1/s1. The molecule has 1 heterocycles. The van der Waals surface area contributed by atoms with Gasteiger partial charge in [-0.2, -0.15) is 0 Å². The number of hydrogen-bond acceptors (Lipinski definition) is 2. The predicted molar refractivity (Wildman–Crippen MR) is 83.3 cm³/mol. The first kappa shape index (κ1) is 14.6. The predicted octanol–water partition coefficient (Wildman–Crippen LogP) is 3.07.